The van der Waals surface area contributed by atoms with Gasteiger partial charge in [0.1, 0.15) is 0 Å². The number of benzene rings is 1. The molecule has 0 spiro atoms. The van der Waals surface area contributed by atoms with Crippen molar-refractivity contribution in [3.05, 3.63) is 28.8 Å². The molecule has 0 saturated heterocycles. The molecule has 0 radical (unpaired) electrons. The van der Waals surface area contributed by atoms with Gasteiger partial charge in [0, 0.05) is 11.6 Å². The summed E-state index contributed by atoms with van der Waals surface area (Å²) in [7, 11) is 0. The second kappa shape index (κ2) is 4.40. The van der Waals surface area contributed by atoms with Crippen LogP contribution in [0.2, 0.25) is 5.02 Å². The molecule has 0 aliphatic carbocycles. The van der Waals surface area contributed by atoms with Crippen molar-refractivity contribution >= 4 is 23.2 Å². The predicted octanol–water partition coefficient (Wildman–Crippen LogP) is 1.52. The van der Waals surface area contributed by atoms with E-state index in [2.05, 4.69) is 21.2 Å². The minimum Gasteiger partial charge on any atom is -0.353 e. The van der Waals surface area contributed by atoms with Gasteiger partial charge >= 0.3 is 0 Å². The van der Waals surface area contributed by atoms with Gasteiger partial charge in [0.2, 0.25) is 5.96 Å². The average molecular weight is 225 g/mol. The van der Waals surface area contributed by atoms with Crippen molar-refractivity contribution in [3.8, 4) is 0 Å². The molecular weight excluding hydrogens is 212 g/mol. The Labute approximate surface area is 93.7 Å². The predicted molar refractivity (Wildman–Crippen MR) is 63.3 cm³/mol. The molecule has 0 saturated carbocycles. The summed E-state index contributed by atoms with van der Waals surface area (Å²) in [5.74, 6) is 0.770. The molecular formula is C10H13ClN4. The third-order valence-electron chi connectivity index (χ3n) is 2.17. The fourth-order valence-corrected chi connectivity index (χ4v) is 1.46. The molecule has 4 nitrogen and oxygen atoms in total. The summed E-state index contributed by atoms with van der Waals surface area (Å²) in [5.41, 5.74) is 7.99. The first-order valence-corrected chi connectivity index (χ1v) is 5.20. The number of hydrazine groups is 1. The normalized spacial score (nSPS) is 14.4. The number of hydrogen-bond acceptors (Lipinski definition) is 4. The van der Waals surface area contributed by atoms with E-state index >= 15 is 0 Å². The minimum atomic E-state index is 0.753. The Hall–Kier alpha value is -1.42. The summed E-state index contributed by atoms with van der Waals surface area (Å²) >= 11 is 6.00. The molecule has 80 valence electrons. The van der Waals surface area contributed by atoms with Crippen LogP contribution in [0.1, 0.15) is 5.56 Å². The molecule has 0 fully saturated rings. The second-order valence-corrected chi connectivity index (χ2v) is 3.78. The van der Waals surface area contributed by atoms with Gasteiger partial charge < -0.3 is 5.32 Å². The topological polar surface area (TPSA) is 48.5 Å². The van der Waals surface area contributed by atoms with Crippen LogP contribution in [0.5, 0.6) is 0 Å². The van der Waals surface area contributed by atoms with Crippen molar-refractivity contribution in [2.75, 3.05) is 18.5 Å². The van der Waals surface area contributed by atoms with Gasteiger partial charge in [-0.15, -0.1) is 0 Å². The molecule has 0 unspecified atom stereocenters. The van der Waals surface area contributed by atoms with Crippen LogP contribution in [-0.2, 0) is 0 Å². The number of aryl methyl sites for hydroxylation is 1. The number of halogens is 1. The van der Waals surface area contributed by atoms with Crippen molar-refractivity contribution in [3.63, 3.8) is 0 Å². The highest BCUT2D eigenvalue weighted by atomic mass is 35.5. The number of aliphatic imine (C=N–C) groups is 1. The van der Waals surface area contributed by atoms with E-state index in [1.165, 1.54) is 0 Å². The van der Waals surface area contributed by atoms with Crippen molar-refractivity contribution < 1.29 is 0 Å². The summed E-state index contributed by atoms with van der Waals surface area (Å²) in [4.78, 5) is 4.19. The Balaban J connectivity index is 1.96. The summed E-state index contributed by atoms with van der Waals surface area (Å²) in [6.45, 7) is 3.68. The van der Waals surface area contributed by atoms with Crippen LogP contribution in [0.4, 0.5) is 5.69 Å². The summed E-state index contributed by atoms with van der Waals surface area (Å²) in [5, 5.41) is 3.85. The minimum absolute atomic E-state index is 0.753. The monoisotopic (exact) mass is 224 g/mol. The standard InChI is InChI=1S/C10H13ClN4/c1-7-2-3-8(6-9(7)11)14-15-10-12-4-5-13-10/h2-3,6,14H,4-5H2,1H3,(H2,12,13,15). The fraction of sp³-hybridized carbons (Fsp3) is 0.300. The van der Waals surface area contributed by atoms with Gasteiger partial charge in [0.05, 0.1) is 12.2 Å². The summed E-state index contributed by atoms with van der Waals surface area (Å²) in [6.07, 6.45) is 0. The maximum Gasteiger partial charge on any atom is 0.210 e. The lowest BCUT2D eigenvalue weighted by atomic mass is 10.2. The van der Waals surface area contributed by atoms with E-state index in [0.29, 0.717) is 0 Å². The third kappa shape index (κ3) is 2.53. The average Bonchev–Trinajstić information content (AvgIpc) is 2.73. The fourth-order valence-electron chi connectivity index (χ4n) is 1.28. The zero-order valence-corrected chi connectivity index (χ0v) is 9.23. The van der Waals surface area contributed by atoms with E-state index in [9.17, 15) is 0 Å². The Bertz CT molecular complexity index is 389. The molecule has 1 aromatic rings. The molecule has 2 rings (SSSR count). The second-order valence-electron chi connectivity index (χ2n) is 3.37. The maximum atomic E-state index is 6.00. The molecule has 1 aliphatic rings. The Morgan fingerprint density at radius 1 is 1.40 bits per heavy atom. The van der Waals surface area contributed by atoms with Crippen LogP contribution in [0, 0.1) is 6.92 Å². The maximum absolute atomic E-state index is 6.00. The van der Waals surface area contributed by atoms with Crippen molar-refractivity contribution in [2.24, 2.45) is 4.99 Å². The number of nitrogens with one attached hydrogen (secondary N) is 3. The van der Waals surface area contributed by atoms with E-state index in [1.54, 1.807) is 0 Å². The van der Waals surface area contributed by atoms with E-state index in [-0.39, 0.29) is 0 Å². The first-order valence-electron chi connectivity index (χ1n) is 4.82. The van der Waals surface area contributed by atoms with Gasteiger partial charge in [-0.05, 0) is 24.6 Å². The number of rotatable bonds is 2. The highest BCUT2D eigenvalue weighted by molar-refractivity contribution is 6.31. The van der Waals surface area contributed by atoms with E-state index in [4.69, 9.17) is 11.6 Å². The SMILES string of the molecule is Cc1ccc(NNC2=NCCN2)cc1Cl. The molecule has 5 heteroatoms. The molecule has 1 aromatic carbocycles. The van der Waals surface area contributed by atoms with Crippen LogP contribution in [0.15, 0.2) is 23.2 Å². The Morgan fingerprint density at radius 3 is 2.93 bits per heavy atom. The van der Waals surface area contributed by atoms with Crippen LogP contribution in [0.3, 0.4) is 0 Å². The van der Waals surface area contributed by atoms with Crippen molar-refractivity contribution in [2.45, 2.75) is 6.92 Å². The molecule has 0 atom stereocenters. The number of nitrogens with zero attached hydrogens (tertiary/aromatic N) is 1. The highest BCUT2D eigenvalue weighted by Gasteiger charge is 2.03. The van der Waals surface area contributed by atoms with Gasteiger partial charge in [0.15, 0.2) is 0 Å². The molecule has 0 bridgehead atoms. The largest absolute Gasteiger partial charge is 0.353 e. The molecule has 3 N–H and O–H groups in total. The lowest BCUT2D eigenvalue weighted by Crippen LogP contribution is -2.37. The van der Waals surface area contributed by atoms with E-state index < -0.39 is 0 Å². The van der Waals surface area contributed by atoms with Crippen LogP contribution in [-0.4, -0.2) is 19.0 Å². The first kappa shape index (κ1) is 10.1. The van der Waals surface area contributed by atoms with Crippen LogP contribution < -0.4 is 16.2 Å². The molecule has 0 aromatic heterocycles. The lowest BCUT2D eigenvalue weighted by molar-refractivity contribution is 0.937. The Morgan fingerprint density at radius 2 is 2.27 bits per heavy atom. The molecule has 0 amide bonds. The third-order valence-corrected chi connectivity index (χ3v) is 2.58. The van der Waals surface area contributed by atoms with Crippen LogP contribution in [0.25, 0.3) is 0 Å². The Kier molecular flexibility index (Phi) is 2.97. The summed E-state index contributed by atoms with van der Waals surface area (Å²) in [6, 6.07) is 5.80. The van der Waals surface area contributed by atoms with Gasteiger partial charge in [-0.2, -0.15) is 0 Å². The van der Waals surface area contributed by atoms with E-state index in [0.717, 1.165) is 35.3 Å². The van der Waals surface area contributed by atoms with Crippen LogP contribution >= 0.6 is 11.6 Å². The van der Waals surface area contributed by atoms with Crippen molar-refractivity contribution in [1.82, 2.24) is 10.7 Å². The molecule has 1 heterocycles. The van der Waals surface area contributed by atoms with Gasteiger partial charge in [0.25, 0.3) is 0 Å². The quantitative estimate of drug-likeness (QED) is 0.668. The molecule has 15 heavy (non-hydrogen) atoms. The van der Waals surface area contributed by atoms with Gasteiger partial charge in [-0.25, -0.2) is 0 Å². The number of anilines is 1. The number of guanidine groups is 1. The first-order chi connectivity index (χ1) is 7.25. The van der Waals surface area contributed by atoms with Crippen molar-refractivity contribution in [1.29, 1.82) is 0 Å². The molecule has 1 aliphatic heterocycles. The van der Waals surface area contributed by atoms with Gasteiger partial charge in [-0.1, -0.05) is 17.7 Å². The zero-order valence-electron chi connectivity index (χ0n) is 8.47. The zero-order chi connectivity index (χ0) is 10.7. The number of hydrogen-bond donors (Lipinski definition) is 3. The smallest absolute Gasteiger partial charge is 0.210 e. The van der Waals surface area contributed by atoms with Gasteiger partial charge in [-0.3, -0.25) is 15.8 Å². The lowest BCUT2D eigenvalue weighted by Gasteiger charge is -2.10. The summed E-state index contributed by atoms with van der Waals surface area (Å²) < 4.78 is 0. The highest BCUT2D eigenvalue weighted by Crippen LogP contribution is 2.19. The van der Waals surface area contributed by atoms with E-state index in [1.807, 2.05) is 25.1 Å².